The van der Waals surface area contributed by atoms with Crippen LogP contribution in [0.4, 0.5) is 5.82 Å². The molecule has 0 bridgehead atoms. The number of anilines is 1. The molecule has 0 fully saturated rings. The molecule has 2 N–H and O–H groups in total. The number of hydrogen-bond acceptors (Lipinski definition) is 3. The molecule has 5 nitrogen and oxygen atoms in total. The zero-order chi connectivity index (χ0) is 12.4. The van der Waals surface area contributed by atoms with Crippen LogP contribution in [0.15, 0.2) is 6.20 Å². The lowest BCUT2D eigenvalue weighted by Gasteiger charge is -2.18. The Morgan fingerprint density at radius 3 is 2.56 bits per heavy atom. The number of sulfonamides is 1. The van der Waals surface area contributed by atoms with Crippen molar-refractivity contribution in [2.24, 2.45) is 5.41 Å². The predicted octanol–water partition coefficient (Wildman–Crippen LogP) is 1.76. The molecular formula is C10H19N3O2S. The first-order chi connectivity index (χ1) is 7.23. The van der Waals surface area contributed by atoms with Crippen molar-refractivity contribution in [1.29, 1.82) is 0 Å². The Morgan fingerprint density at radius 2 is 2.06 bits per heavy atom. The largest absolute Gasteiger partial charge is 0.267 e. The van der Waals surface area contributed by atoms with Crippen molar-refractivity contribution in [3.05, 3.63) is 11.8 Å². The lowest BCUT2D eigenvalue weighted by Crippen LogP contribution is -2.26. The third-order valence-corrected chi connectivity index (χ3v) is 3.74. The SMILES string of the molecule is CCc1cn[nH]c1NS(=O)(=O)CC(C)(C)C. The molecule has 0 amide bonds. The highest BCUT2D eigenvalue weighted by Gasteiger charge is 2.22. The Balaban J connectivity index is 2.81. The van der Waals surface area contributed by atoms with Gasteiger partial charge in [0, 0.05) is 5.56 Å². The van der Waals surface area contributed by atoms with Crippen molar-refractivity contribution in [2.45, 2.75) is 34.1 Å². The van der Waals surface area contributed by atoms with Crippen molar-refractivity contribution in [2.75, 3.05) is 10.5 Å². The lowest BCUT2D eigenvalue weighted by molar-refractivity contribution is 0.463. The van der Waals surface area contributed by atoms with E-state index in [2.05, 4.69) is 14.9 Å². The third kappa shape index (κ3) is 3.84. The van der Waals surface area contributed by atoms with Gasteiger partial charge in [0.1, 0.15) is 5.82 Å². The first-order valence-corrected chi connectivity index (χ1v) is 6.91. The average Bonchev–Trinajstić information content (AvgIpc) is 2.45. The molecular weight excluding hydrogens is 226 g/mol. The number of aryl methyl sites for hydroxylation is 1. The average molecular weight is 245 g/mol. The molecule has 16 heavy (non-hydrogen) atoms. The monoisotopic (exact) mass is 245 g/mol. The Morgan fingerprint density at radius 1 is 1.44 bits per heavy atom. The zero-order valence-electron chi connectivity index (χ0n) is 10.2. The van der Waals surface area contributed by atoms with E-state index in [9.17, 15) is 8.42 Å². The summed E-state index contributed by atoms with van der Waals surface area (Å²) in [5.74, 6) is 0.564. The van der Waals surface area contributed by atoms with Crippen LogP contribution in [0.2, 0.25) is 0 Å². The third-order valence-electron chi connectivity index (χ3n) is 1.98. The van der Waals surface area contributed by atoms with Crippen LogP contribution in [0.25, 0.3) is 0 Å². The fraction of sp³-hybridized carbons (Fsp3) is 0.700. The number of aromatic nitrogens is 2. The van der Waals surface area contributed by atoms with Gasteiger partial charge in [-0.3, -0.25) is 9.82 Å². The molecule has 6 heteroatoms. The van der Waals surface area contributed by atoms with Gasteiger partial charge in [-0.25, -0.2) is 8.42 Å². The van der Waals surface area contributed by atoms with Crippen LogP contribution in [-0.4, -0.2) is 24.4 Å². The second-order valence-corrected chi connectivity index (χ2v) is 6.77. The summed E-state index contributed by atoms with van der Waals surface area (Å²) < 4.78 is 26.2. The van der Waals surface area contributed by atoms with Crippen molar-refractivity contribution >= 4 is 15.8 Å². The number of nitrogens with one attached hydrogen (secondary N) is 2. The molecule has 0 aliphatic carbocycles. The fourth-order valence-corrected chi connectivity index (χ4v) is 3.13. The van der Waals surface area contributed by atoms with Crippen molar-refractivity contribution in [3.63, 3.8) is 0 Å². The van der Waals surface area contributed by atoms with Gasteiger partial charge in [-0.05, 0) is 11.8 Å². The summed E-state index contributed by atoms with van der Waals surface area (Å²) >= 11 is 0. The van der Waals surface area contributed by atoms with E-state index < -0.39 is 10.0 Å². The number of hydrogen-bond donors (Lipinski definition) is 2. The van der Waals surface area contributed by atoms with Gasteiger partial charge in [0.05, 0.1) is 11.9 Å². The van der Waals surface area contributed by atoms with Gasteiger partial charge in [0.25, 0.3) is 0 Å². The smallest absolute Gasteiger partial charge is 0.234 e. The van der Waals surface area contributed by atoms with Gasteiger partial charge in [-0.1, -0.05) is 27.7 Å². The first-order valence-electron chi connectivity index (χ1n) is 5.26. The van der Waals surface area contributed by atoms with Crippen LogP contribution in [0.1, 0.15) is 33.3 Å². The second-order valence-electron chi connectivity index (χ2n) is 5.05. The molecule has 92 valence electrons. The minimum Gasteiger partial charge on any atom is -0.267 e. The Kier molecular flexibility index (Phi) is 3.62. The molecule has 1 aromatic heterocycles. The molecule has 0 radical (unpaired) electrons. The van der Waals surface area contributed by atoms with Crippen LogP contribution in [0.3, 0.4) is 0 Å². The van der Waals surface area contributed by atoms with E-state index in [0.29, 0.717) is 5.82 Å². The van der Waals surface area contributed by atoms with Gasteiger partial charge < -0.3 is 0 Å². The zero-order valence-corrected chi connectivity index (χ0v) is 11.0. The van der Waals surface area contributed by atoms with E-state index in [-0.39, 0.29) is 11.2 Å². The van der Waals surface area contributed by atoms with E-state index >= 15 is 0 Å². The van der Waals surface area contributed by atoms with E-state index in [0.717, 1.165) is 12.0 Å². The van der Waals surface area contributed by atoms with Crippen molar-refractivity contribution < 1.29 is 8.42 Å². The van der Waals surface area contributed by atoms with Crippen molar-refractivity contribution in [3.8, 4) is 0 Å². The maximum atomic E-state index is 11.8. The highest BCUT2D eigenvalue weighted by atomic mass is 32.2. The van der Waals surface area contributed by atoms with E-state index in [1.54, 1.807) is 6.20 Å². The van der Waals surface area contributed by atoms with Gasteiger partial charge in [0.15, 0.2) is 0 Å². The van der Waals surface area contributed by atoms with Gasteiger partial charge in [-0.2, -0.15) is 5.10 Å². The quantitative estimate of drug-likeness (QED) is 0.848. The summed E-state index contributed by atoms with van der Waals surface area (Å²) in [6.45, 7) is 7.62. The standard InChI is InChI=1S/C10H19N3O2S/c1-5-8-6-11-12-9(8)13-16(14,15)7-10(2,3)4/h6H,5,7H2,1-4H3,(H2,11,12,13). The number of aromatic amines is 1. The topological polar surface area (TPSA) is 74.8 Å². The Hall–Kier alpha value is -1.04. The fourth-order valence-electron chi connectivity index (χ4n) is 1.43. The van der Waals surface area contributed by atoms with Gasteiger partial charge in [0.2, 0.25) is 10.0 Å². The number of rotatable bonds is 4. The minimum absolute atomic E-state index is 0.0855. The van der Waals surface area contributed by atoms with Gasteiger partial charge >= 0.3 is 0 Å². The molecule has 0 spiro atoms. The summed E-state index contributed by atoms with van der Waals surface area (Å²) in [7, 11) is -3.32. The van der Waals surface area contributed by atoms with Crippen LogP contribution in [-0.2, 0) is 16.4 Å². The summed E-state index contributed by atoms with van der Waals surface area (Å²) in [6, 6.07) is 0. The normalized spacial score (nSPS) is 12.8. The molecule has 0 saturated carbocycles. The molecule has 0 aliphatic heterocycles. The van der Waals surface area contributed by atoms with E-state index in [1.807, 2.05) is 27.7 Å². The predicted molar refractivity (Wildman–Crippen MR) is 64.8 cm³/mol. The highest BCUT2D eigenvalue weighted by Crippen LogP contribution is 2.19. The number of nitrogens with zero attached hydrogens (tertiary/aromatic N) is 1. The van der Waals surface area contributed by atoms with Crippen LogP contribution < -0.4 is 4.72 Å². The summed E-state index contributed by atoms with van der Waals surface area (Å²) in [5.41, 5.74) is 0.607. The van der Waals surface area contributed by atoms with Gasteiger partial charge in [-0.15, -0.1) is 0 Å². The van der Waals surface area contributed by atoms with Crippen LogP contribution in [0, 0.1) is 5.41 Å². The molecule has 0 unspecified atom stereocenters. The Bertz CT molecular complexity index is 443. The maximum absolute atomic E-state index is 11.8. The molecule has 1 aromatic rings. The molecule has 1 rings (SSSR count). The Labute approximate surface area is 96.7 Å². The summed E-state index contributed by atoms with van der Waals surface area (Å²) in [5, 5.41) is 6.48. The number of H-pyrrole nitrogens is 1. The molecule has 0 saturated heterocycles. The second kappa shape index (κ2) is 4.45. The summed E-state index contributed by atoms with van der Waals surface area (Å²) in [6.07, 6.45) is 2.37. The highest BCUT2D eigenvalue weighted by molar-refractivity contribution is 7.92. The minimum atomic E-state index is -3.32. The van der Waals surface area contributed by atoms with E-state index in [1.165, 1.54) is 0 Å². The van der Waals surface area contributed by atoms with E-state index in [4.69, 9.17) is 0 Å². The van der Waals surface area contributed by atoms with Crippen LogP contribution >= 0.6 is 0 Å². The van der Waals surface area contributed by atoms with Crippen LogP contribution in [0.5, 0.6) is 0 Å². The lowest BCUT2D eigenvalue weighted by atomic mass is 10.0. The molecule has 0 aliphatic rings. The molecule has 0 aromatic carbocycles. The molecule has 1 heterocycles. The summed E-state index contributed by atoms with van der Waals surface area (Å²) in [4.78, 5) is 0. The first kappa shape index (κ1) is 13.0. The molecule has 0 atom stereocenters. The van der Waals surface area contributed by atoms with Crippen molar-refractivity contribution in [1.82, 2.24) is 10.2 Å². The maximum Gasteiger partial charge on any atom is 0.234 e.